The van der Waals surface area contributed by atoms with Crippen LogP contribution in [-0.4, -0.2) is 20.9 Å². The molecule has 1 aromatic carbocycles. The first-order valence-corrected chi connectivity index (χ1v) is 6.63. The molecule has 0 bridgehead atoms. The van der Waals surface area contributed by atoms with Gasteiger partial charge in [-0.05, 0) is 30.0 Å². The van der Waals surface area contributed by atoms with Crippen molar-refractivity contribution in [3.8, 4) is 0 Å². The summed E-state index contributed by atoms with van der Waals surface area (Å²) in [7, 11) is 0. The number of anilines is 1. The summed E-state index contributed by atoms with van der Waals surface area (Å²) in [5.41, 5.74) is 13.4. The van der Waals surface area contributed by atoms with Gasteiger partial charge in [-0.1, -0.05) is 12.1 Å². The smallest absolute Gasteiger partial charge is 0.251 e. The molecule has 2 heterocycles. The Balaban J connectivity index is 2.00. The predicted molar refractivity (Wildman–Crippen MR) is 77.4 cm³/mol. The van der Waals surface area contributed by atoms with Gasteiger partial charge in [0.25, 0.3) is 5.91 Å². The number of fused-ring (bicyclic) bond motifs is 1. The highest BCUT2D eigenvalue weighted by Gasteiger charge is 2.13. The molecule has 0 saturated carbocycles. The summed E-state index contributed by atoms with van der Waals surface area (Å²) in [6.45, 7) is 0. The Morgan fingerprint density at radius 3 is 2.85 bits per heavy atom. The number of H-pyrrole nitrogens is 1. The van der Waals surface area contributed by atoms with Crippen LogP contribution in [0.2, 0.25) is 0 Å². The van der Waals surface area contributed by atoms with Gasteiger partial charge in [0.2, 0.25) is 0 Å². The number of hydrogen-bond donors (Lipinski definition) is 3. The van der Waals surface area contributed by atoms with Gasteiger partial charge >= 0.3 is 0 Å². The van der Waals surface area contributed by atoms with Crippen LogP contribution in [0.25, 0.3) is 11.0 Å². The van der Waals surface area contributed by atoms with Crippen LogP contribution in [0, 0.1) is 0 Å². The number of nitrogens with one attached hydrogen (secondary N) is 1. The van der Waals surface area contributed by atoms with Crippen LogP contribution in [-0.2, 0) is 0 Å². The zero-order valence-corrected chi connectivity index (χ0v) is 11.1. The van der Waals surface area contributed by atoms with Crippen molar-refractivity contribution in [2.45, 2.75) is 10.2 Å². The number of pyridine rings is 1. The van der Waals surface area contributed by atoms with E-state index in [1.807, 2.05) is 24.3 Å². The lowest BCUT2D eigenvalue weighted by atomic mass is 10.2. The fourth-order valence-corrected chi connectivity index (χ4v) is 2.66. The minimum atomic E-state index is -0.566. The maximum absolute atomic E-state index is 11.4. The van der Waals surface area contributed by atoms with Crippen molar-refractivity contribution in [2.24, 2.45) is 5.73 Å². The highest BCUT2D eigenvalue weighted by Crippen LogP contribution is 2.28. The number of primary amides is 1. The summed E-state index contributed by atoms with van der Waals surface area (Å²) in [6, 6.07) is 9.18. The molecule has 100 valence electrons. The van der Waals surface area contributed by atoms with Crippen LogP contribution < -0.4 is 11.5 Å². The van der Waals surface area contributed by atoms with Gasteiger partial charge in [-0.15, -0.1) is 0 Å². The van der Waals surface area contributed by atoms with E-state index < -0.39 is 5.91 Å². The van der Waals surface area contributed by atoms with Gasteiger partial charge in [0.05, 0.1) is 28.5 Å². The Morgan fingerprint density at radius 2 is 2.10 bits per heavy atom. The van der Waals surface area contributed by atoms with Gasteiger partial charge in [-0.25, -0.2) is 9.97 Å². The number of rotatable bonds is 3. The number of benzene rings is 1. The molecule has 0 fully saturated rings. The molecule has 0 spiro atoms. The molecule has 0 unspecified atom stereocenters. The normalized spacial score (nSPS) is 10.8. The zero-order valence-electron chi connectivity index (χ0n) is 10.3. The molecular formula is C13H11N5OS. The van der Waals surface area contributed by atoms with Crippen molar-refractivity contribution in [3.05, 3.63) is 42.1 Å². The largest absolute Gasteiger partial charge is 0.397 e. The van der Waals surface area contributed by atoms with E-state index in [1.165, 1.54) is 24.0 Å². The molecule has 0 aliphatic rings. The number of aromatic amines is 1. The van der Waals surface area contributed by atoms with Crippen molar-refractivity contribution in [1.82, 2.24) is 15.0 Å². The molecule has 0 aliphatic carbocycles. The number of amides is 1. The average molecular weight is 285 g/mol. The minimum Gasteiger partial charge on any atom is -0.397 e. The van der Waals surface area contributed by atoms with E-state index in [-0.39, 0.29) is 5.56 Å². The van der Waals surface area contributed by atoms with Gasteiger partial charge in [-0.3, -0.25) is 4.79 Å². The number of nitrogens with two attached hydrogens (primary N) is 2. The number of carbonyl (C=O) groups is 1. The van der Waals surface area contributed by atoms with Crippen LogP contribution in [0.15, 0.2) is 46.7 Å². The lowest BCUT2D eigenvalue weighted by Crippen LogP contribution is -2.13. The van der Waals surface area contributed by atoms with Crippen LogP contribution in [0.5, 0.6) is 0 Å². The summed E-state index contributed by atoms with van der Waals surface area (Å²) in [6.07, 6.45) is 1.48. The lowest BCUT2D eigenvalue weighted by Gasteiger charge is -2.04. The maximum atomic E-state index is 11.4. The second-order valence-electron chi connectivity index (χ2n) is 4.15. The van der Waals surface area contributed by atoms with E-state index in [0.717, 1.165) is 11.0 Å². The molecule has 0 atom stereocenters. The Morgan fingerprint density at radius 1 is 1.30 bits per heavy atom. The van der Waals surface area contributed by atoms with Crippen LogP contribution in [0.4, 0.5) is 5.69 Å². The monoisotopic (exact) mass is 285 g/mol. The molecule has 2 aromatic heterocycles. The molecule has 0 aliphatic heterocycles. The molecule has 5 N–H and O–H groups in total. The van der Waals surface area contributed by atoms with Crippen LogP contribution >= 0.6 is 11.8 Å². The van der Waals surface area contributed by atoms with Crippen molar-refractivity contribution < 1.29 is 4.79 Å². The summed E-state index contributed by atoms with van der Waals surface area (Å²) < 4.78 is 0. The molecule has 1 amide bonds. The lowest BCUT2D eigenvalue weighted by molar-refractivity contribution is 0.0997. The highest BCUT2D eigenvalue weighted by molar-refractivity contribution is 7.99. The quantitative estimate of drug-likeness (QED) is 0.679. The van der Waals surface area contributed by atoms with E-state index in [0.29, 0.717) is 15.9 Å². The predicted octanol–water partition coefficient (Wildman–Crippen LogP) is 1.79. The number of nitrogen functional groups attached to an aromatic ring is 1. The number of imidazole rings is 1. The van der Waals surface area contributed by atoms with E-state index >= 15 is 0 Å². The first-order chi connectivity index (χ1) is 9.63. The summed E-state index contributed by atoms with van der Waals surface area (Å²) in [5, 5.41) is 1.12. The summed E-state index contributed by atoms with van der Waals surface area (Å²) >= 11 is 1.24. The number of hydrogen-bond acceptors (Lipinski definition) is 5. The van der Waals surface area contributed by atoms with Crippen molar-refractivity contribution in [1.29, 1.82) is 0 Å². The topological polar surface area (TPSA) is 111 Å². The fourth-order valence-electron chi connectivity index (χ4n) is 1.80. The minimum absolute atomic E-state index is 0.287. The Hall–Kier alpha value is -2.54. The van der Waals surface area contributed by atoms with Crippen molar-refractivity contribution in [3.63, 3.8) is 0 Å². The highest BCUT2D eigenvalue weighted by atomic mass is 32.2. The molecule has 3 aromatic rings. The molecule has 3 rings (SSSR count). The first-order valence-electron chi connectivity index (χ1n) is 5.81. The molecule has 6 nitrogen and oxygen atoms in total. The van der Waals surface area contributed by atoms with Crippen molar-refractivity contribution >= 4 is 34.4 Å². The van der Waals surface area contributed by atoms with Crippen LogP contribution in [0.1, 0.15) is 10.4 Å². The average Bonchev–Trinajstić information content (AvgIpc) is 2.82. The standard InChI is InChI=1S/C13H11N5OS/c14-7-5-8(11(15)19)12(16-6-7)20-13-17-9-3-1-2-4-10(9)18-13/h1-6H,14H2,(H2,15,19)(H,17,18). The molecule has 0 saturated heterocycles. The number of carbonyl (C=O) groups excluding carboxylic acids is 1. The maximum Gasteiger partial charge on any atom is 0.251 e. The van der Waals surface area contributed by atoms with Gasteiger partial charge in [-0.2, -0.15) is 0 Å². The Labute approximate surface area is 118 Å². The van der Waals surface area contributed by atoms with Gasteiger partial charge in [0.15, 0.2) is 5.16 Å². The summed E-state index contributed by atoms with van der Waals surface area (Å²) in [4.78, 5) is 23.1. The van der Waals surface area contributed by atoms with E-state index in [2.05, 4.69) is 15.0 Å². The Bertz CT molecular complexity index is 765. The van der Waals surface area contributed by atoms with E-state index in [4.69, 9.17) is 11.5 Å². The van der Waals surface area contributed by atoms with Crippen LogP contribution in [0.3, 0.4) is 0 Å². The number of para-hydroxylation sites is 2. The third kappa shape index (κ3) is 2.30. The van der Waals surface area contributed by atoms with Gasteiger partial charge in [0.1, 0.15) is 5.03 Å². The number of aromatic nitrogens is 3. The third-order valence-electron chi connectivity index (χ3n) is 2.70. The van der Waals surface area contributed by atoms with E-state index in [9.17, 15) is 4.79 Å². The van der Waals surface area contributed by atoms with Gasteiger partial charge in [0, 0.05) is 0 Å². The first kappa shape index (κ1) is 12.5. The van der Waals surface area contributed by atoms with Gasteiger partial charge < -0.3 is 16.5 Å². The Kier molecular flexibility index (Phi) is 3.03. The van der Waals surface area contributed by atoms with Crippen molar-refractivity contribution in [2.75, 3.05) is 5.73 Å². The second-order valence-corrected chi connectivity index (χ2v) is 5.12. The SMILES string of the molecule is NC(=O)c1cc(N)cnc1Sc1nc2ccccc2[nH]1. The zero-order chi connectivity index (χ0) is 14.1. The molecule has 0 radical (unpaired) electrons. The summed E-state index contributed by atoms with van der Waals surface area (Å²) in [5.74, 6) is -0.566. The third-order valence-corrected chi connectivity index (χ3v) is 3.60. The molecular weight excluding hydrogens is 274 g/mol. The molecule has 7 heteroatoms. The fraction of sp³-hybridized carbons (Fsp3) is 0. The second kappa shape index (κ2) is 4.86. The van der Waals surface area contributed by atoms with E-state index in [1.54, 1.807) is 0 Å². The number of nitrogens with zero attached hydrogens (tertiary/aromatic N) is 2. The molecule has 20 heavy (non-hydrogen) atoms.